The second kappa shape index (κ2) is 7.55. The standard InChI is InChI=1S/C18H15ClN2O2S/c1-23-16-4-2-3-13(11-16)12-24-17-18(22)21(10-9-20-17)15-7-5-14(19)6-8-15/h2-11H,12H2,1H3. The fourth-order valence-corrected chi connectivity index (χ4v) is 3.18. The van der Waals surface area contributed by atoms with Crippen molar-refractivity contribution in [3.05, 3.63) is 81.9 Å². The molecule has 0 spiro atoms. The molecule has 6 heteroatoms. The summed E-state index contributed by atoms with van der Waals surface area (Å²) in [5.74, 6) is 1.44. The predicted octanol–water partition coefficient (Wildman–Crippen LogP) is 4.19. The first kappa shape index (κ1) is 16.6. The van der Waals surface area contributed by atoms with Crippen LogP contribution in [0.1, 0.15) is 5.56 Å². The molecule has 0 amide bonds. The zero-order valence-corrected chi connectivity index (χ0v) is 14.6. The summed E-state index contributed by atoms with van der Waals surface area (Å²) in [7, 11) is 1.63. The molecule has 2 aromatic carbocycles. The molecule has 1 aromatic heterocycles. The average molecular weight is 359 g/mol. The highest BCUT2D eigenvalue weighted by Gasteiger charge is 2.08. The second-order valence-electron chi connectivity index (χ2n) is 5.02. The Morgan fingerprint density at radius 2 is 2.00 bits per heavy atom. The summed E-state index contributed by atoms with van der Waals surface area (Å²) in [6, 6.07) is 14.9. The number of ether oxygens (including phenoxy) is 1. The molecule has 3 aromatic rings. The maximum atomic E-state index is 12.6. The van der Waals surface area contributed by atoms with E-state index in [2.05, 4.69) is 4.98 Å². The van der Waals surface area contributed by atoms with Crippen LogP contribution in [0.4, 0.5) is 0 Å². The van der Waals surface area contributed by atoms with Gasteiger partial charge < -0.3 is 4.74 Å². The van der Waals surface area contributed by atoms with E-state index in [0.29, 0.717) is 15.8 Å². The van der Waals surface area contributed by atoms with Crippen LogP contribution in [-0.4, -0.2) is 16.7 Å². The Labute approximate surface area is 149 Å². The van der Waals surface area contributed by atoms with E-state index < -0.39 is 0 Å². The Kier molecular flexibility index (Phi) is 5.23. The Morgan fingerprint density at radius 3 is 2.75 bits per heavy atom. The van der Waals surface area contributed by atoms with Crippen molar-refractivity contribution in [2.75, 3.05) is 7.11 Å². The summed E-state index contributed by atoms with van der Waals surface area (Å²) in [6.07, 6.45) is 3.28. The van der Waals surface area contributed by atoms with Gasteiger partial charge in [-0.2, -0.15) is 0 Å². The van der Waals surface area contributed by atoms with Crippen molar-refractivity contribution in [3.63, 3.8) is 0 Å². The molecule has 0 aliphatic rings. The fourth-order valence-electron chi connectivity index (χ4n) is 2.21. The molecule has 0 saturated carbocycles. The monoisotopic (exact) mass is 358 g/mol. The van der Waals surface area contributed by atoms with Crippen molar-refractivity contribution in [1.82, 2.24) is 9.55 Å². The zero-order chi connectivity index (χ0) is 16.9. The first-order valence-corrected chi connectivity index (χ1v) is 8.63. The van der Waals surface area contributed by atoms with Crippen LogP contribution in [0.5, 0.6) is 5.75 Å². The number of hydrogen-bond acceptors (Lipinski definition) is 4. The van der Waals surface area contributed by atoms with Crippen LogP contribution in [-0.2, 0) is 5.75 Å². The molecule has 0 bridgehead atoms. The van der Waals surface area contributed by atoms with E-state index in [-0.39, 0.29) is 5.56 Å². The van der Waals surface area contributed by atoms with Gasteiger partial charge in [-0.3, -0.25) is 9.36 Å². The molecule has 0 N–H and O–H groups in total. The first-order valence-electron chi connectivity index (χ1n) is 7.27. The van der Waals surface area contributed by atoms with Gasteiger partial charge in [0.05, 0.1) is 7.11 Å². The van der Waals surface area contributed by atoms with E-state index in [0.717, 1.165) is 17.0 Å². The zero-order valence-electron chi connectivity index (χ0n) is 13.0. The van der Waals surface area contributed by atoms with E-state index in [1.165, 1.54) is 11.8 Å². The van der Waals surface area contributed by atoms with Crippen LogP contribution < -0.4 is 10.3 Å². The van der Waals surface area contributed by atoms with Gasteiger partial charge in [0.15, 0.2) is 5.03 Å². The van der Waals surface area contributed by atoms with Gasteiger partial charge in [-0.1, -0.05) is 35.5 Å². The van der Waals surface area contributed by atoms with Crippen LogP contribution in [0.15, 0.2) is 70.7 Å². The molecule has 3 rings (SSSR count). The molecule has 122 valence electrons. The summed E-state index contributed by atoms with van der Waals surface area (Å²) >= 11 is 7.30. The maximum Gasteiger partial charge on any atom is 0.287 e. The van der Waals surface area contributed by atoms with E-state index >= 15 is 0 Å². The minimum atomic E-state index is -0.146. The minimum absolute atomic E-state index is 0.146. The Morgan fingerprint density at radius 1 is 1.21 bits per heavy atom. The lowest BCUT2D eigenvalue weighted by Crippen LogP contribution is -2.20. The number of methoxy groups -OCH3 is 1. The highest BCUT2D eigenvalue weighted by atomic mass is 35.5. The predicted molar refractivity (Wildman–Crippen MR) is 97.4 cm³/mol. The lowest BCUT2D eigenvalue weighted by Gasteiger charge is -2.08. The Bertz CT molecular complexity index is 894. The van der Waals surface area contributed by atoms with Crippen molar-refractivity contribution in [1.29, 1.82) is 0 Å². The third kappa shape index (κ3) is 3.80. The molecule has 0 aliphatic carbocycles. The van der Waals surface area contributed by atoms with Crippen molar-refractivity contribution in [3.8, 4) is 11.4 Å². The molecular weight excluding hydrogens is 344 g/mol. The average Bonchev–Trinajstić information content (AvgIpc) is 2.62. The quantitative estimate of drug-likeness (QED) is 0.641. The SMILES string of the molecule is COc1cccc(CSc2nccn(-c3ccc(Cl)cc3)c2=O)c1. The number of thioether (sulfide) groups is 1. The van der Waals surface area contributed by atoms with E-state index in [9.17, 15) is 4.79 Å². The van der Waals surface area contributed by atoms with Gasteiger partial charge in [-0.15, -0.1) is 0 Å². The number of aromatic nitrogens is 2. The molecular formula is C18H15ClN2O2S. The van der Waals surface area contributed by atoms with Gasteiger partial charge in [-0.25, -0.2) is 4.98 Å². The highest BCUT2D eigenvalue weighted by Crippen LogP contribution is 2.21. The number of nitrogens with zero attached hydrogens (tertiary/aromatic N) is 2. The summed E-state index contributed by atoms with van der Waals surface area (Å²) in [5.41, 5.74) is 1.69. The minimum Gasteiger partial charge on any atom is -0.497 e. The largest absolute Gasteiger partial charge is 0.497 e. The normalized spacial score (nSPS) is 10.6. The molecule has 0 aliphatic heterocycles. The van der Waals surface area contributed by atoms with Crippen LogP contribution >= 0.6 is 23.4 Å². The van der Waals surface area contributed by atoms with Crippen molar-refractivity contribution < 1.29 is 4.74 Å². The van der Waals surface area contributed by atoms with Crippen molar-refractivity contribution in [2.45, 2.75) is 10.8 Å². The summed E-state index contributed by atoms with van der Waals surface area (Å²) < 4.78 is 6.78. The topological polar surface area (TPSA) is 44.1 Å². The maximum absolute atomic E-state index is 12.6. The van der Waals surface area contributed by atoms with Gasteiger partial charge in [-0.05, 0) is 42.0 Å². The number of benzene rings is 2. The molecule has 0 fully saturated rings. The van der Waals surface area contributed by atoms with Gasteiger partial charge in [0, 0.05) is 28.9 Å². The lowest BCUT2D eigenvalue weighted by molar-refractivity contribution is 0.414. The fraction of sp³-hybridized carbons (Fsp3) is 0.111. The Balaban J connectivity index is 1.83. The van der Waals surface area contributed by atoms with Crippen molar-refractivity contribution >= 4 is 23.4 Å². The highest BCUT2D eigenvalue weighted by molar-refractivity contribution is 7.98. The second-order valence-corrected chi connectivity index (χ2v) is 6.42. The van der Waals surface area contributed by atoms with E-state index in [1.54, 1.807) is 48.3 Å². The summed E-state index contributed by atoms with van der Waals surface area (Å²) in [6.45, 7) is 0. The number of rotatable bonds is 5. The molecule has 0 radical (unpaired) electrons. The van der Waals surface area contributed by atoms with Crippen LogP contribution in [0.25, 0.3) is 5.69 Å². The van der Waals surface area contributed by atoms with Crippen LogP contribution in [0.2, 0.25) is 5.02 Å². The summed E-state index contributed by atoms with van der Waals surface area (Å²) in [5, 5.41) is 1.09. The smallest absolute Gasteiger partial charge is 0.287 e. The lowest BCUT2D eigenvalue weighted by atomic mass is 10.2. The molecule has 4 nitrogen and oxygen atoms in total. The summed E-state index contributed by atoms with van der Waals surface area (Å²) in [4.78, 5) is 16.8. The molecule has 1 heterocycles. The third-order valence-corrected chi connectivity index (χ3v) is 4.71. The van der Waals surface area contributed by atoms with Gasteiger partial charge >= 0.3 is 0 Å². The number of hydrogen-bond donors (Lipinski definition) is 0. The van der Waals surface area contributed by atoms with E-state index in [4.69, 9.17) is 16.3 Å². The van der Waals surface area contributed by atoms with Gasteiger partial charge in [0.1, 0.15) is 5.75 Å². The van der Waals surface area contributed by atoms with Crippen molar-refractivity contribution in [2.24, 2.45) is 0 Å². The Hall–Kier alpha value is -2.24. The third-order valence-electron chi connectivity index (χ3n) is 3.42. The van der Waals surface area contributed by atoms with Gasteiger partial charge in [0.2, 0.25) is 0 Å². The molecule has 24 heavy (non-hydrogen) atoms. The van der Waals surface area contributed by atoms with Crippen LogP contribution in [0.3, 0.4) is 0 Å². The van der Waals surface area contributed by atoms with Gasteiger partial charge in [0.25, 0.3) is 5.56 Å². The number of halogens is 1. The first-order chi connectivity index (χ1) is 11.7. The molecule has 0 unspecified atom stereocenters. The molecule has 0 atom stereocenters. The van der Waals surface area contributed by atoms with E-state index in [1.807, 2.05) is 24.3 Å². The molecule has 0 saturated heterocycles. The van der Waals surface area contributed by atoms with Crippen LogP contribution in [0, 0.1) is 0 Å².